The van der Waals surface area contributed by atoms with E-state index in [1.807, 2.05) is 40.5 Å². The van der Waals surface area contributed by atoms with Crippen LogP contribution >= 0.6 is 27.3 Å². The van der Waals surface area contributed by atoms with Crippen LogP contribution < -0.4 is 4.90 Å². The smallest absolute Gasteiger partial charge is 0.254 e. The Hall–Kier alpha value is -1.99. The molecule has 0 bridgehead atoms. The van der Waals surface area contributed by atoms with Crippen molar-refractivity contribution in [1.82, 2.24) is 14.9 Å². The molecular weight excluding hydrogens is 496 g/mol. The predicted molar refractivity (Wildman–Crippen MR) is 139 cm³/mol. The Morgan fingerprint density at radius 2 is 1.88 bits per heavy atom. The number of carbonyl (C=O) groups is 1. The zero-order valence-corrected chi connectivity index (χ0v) is 21.8. The van der Waals surface area contributed by atoms with E-state index >= 15 is 0 Å². The molecule has 5 rings (SSSR count). The SMILES string of the molecule is CC(C)Cc1nc(N2CCN(C(=O)c3cccc(Br)c3)CC2)c2c3c(sc2n1)CCCCC3. The van der Waals surface area contributed by atoms with Crippen molar-refractivity contribution < 1.29 is 4.79 Å². The standard InChI is InChI=1S/C26H31BrN4OS/c1-17(2)15-22-28-24(23-20-9-4-3-5-10-21(20)33-25(23)29-22)30-11-13-31(14-12-30)26(32)18-7-6-8-19(27)16-18/h6-8,16-17H,3-5,9-15H2,1-2H3. The van der Waals surface area contributed by atoms with Crippen molar-refractivity contribution in [1.29, 1.82) is 0 Å². The maximum Gasteiger partial charge on any atom is 0.254 e. The summed E-state index contributed by atoms with van der Waals surface area (Å²) in [5, 5.41) is 1.29. The minimum absolute atomic E-state index is 0.105. The van der Waals surface area contributed by atoms with Gasteiger partial charge in [0.1, 0.15) is 16.5 Å². The molecule has 33 heavy (non-hydrogen) atoms. The van der Waals surface area contributed by atoms with Gasteiger partial charge in [0.2, 0.25) is 0 Å². The van der Waals surface area contributed by atoms with E-state index in [4.69, 9.17) is 9.97 Å². The first-order valence-electron chi connectivity index (χ1n) is 12.1. The summed E-state index contributed by atoms with van der Waals surface area (Å²) >= 11 is 5.37. The van der Waals surface area contributed by atoms with Crippen molar-refractivity contribution in [3.05, 3.63) is 50.6 Å². The fourth-order valence-electron chi connectivity index (χ4n) is 4.97. The lowest BCUT2D eigenvalue weighted by Gasteiger charge is -2.36. The molecule has 1 aliphatic carbocycles. The number of thiophene rings is 1. The van der Waals surface area contributed by atoms with Crippen molar-refractivity contribution in [3.63, 3.8) is 0 Å². The van der Waals surface area contributed by atoms with Gasteiger partial charge in [-0.25, -0.2) is 9.97 Å². The second-order valence-electron chi connectivity index (χ2n) is 9.60. The van der Waals surface area contributed by atoms with Crippen LogP contribution in [0.15, 0.2) is 28.7 Å². The van der Waals surface area contributed by atoms with Gasteiger partial charge < -0.3 is 9.80 Å². The molecule has 174 valence electrons. The topological polar surface area (TPSA) is 49.3 Å². The molecular formula is C26H31BrN4OS. The van der Waals surface area contributed by atoms with Crippen LogP contribution in [0.25, 0.3) is 10.2 Å². The van der Waals surface area contributed by atoms with Crippen LogP contribution in [0.2, 0.25) is 0 Å². The maximum absolute atomic E-state index is 13.0. The summed E-state index contributed by atoms with van der Waals surface area (Å²) in [5.74, 6) is 2.68. The van der Waals surface area contributed by atoms with E-state index in [1.165, 1.54) is 41.5 Å². The fourth-order valence-corrected chi connectivity index (χ4v) is 6.64. The number of benzene rings is 1. The normalized spacial score (nSPS) is 16.8. The highest BCUT2D eigenvalue weighted by Crippen LogP contribution is 2.39. The Bertz CT molecular complexity index is 1170. The highest BCUT2D eigenvalue weighted by Gasteiger charge is 2.27. The third-order valence-corrected chi connectivity index (χ3v) is 8.30. The first kappa shape index (κ1) is 22.8. The fraction of sp³-hybridized carbons (Fsp3) is 0.500. The molecule has 0 atom stereocenters. The van der Waals surface area contributed by atoms with E-state index in [0.717, 1.165) is 52.4 Å². The number of fused-ring (bicyclic) bond motifs is 3. The molecule has 0 saturated carbocycles. The highest BCUT2D eigenvalue weighted by molar-refractivity contribution is 9.10. The van der Waals surface area contributed by atoms with Crippen molar-refractivity contribution >= 4 is 49.2 Å². The summed E-state index contributed by atoms with van der Waals surface area (Å²) < 4.78 is 0.936. The first-order valence-corrected chi connectivity index (χ1v) is 13.7. The van der Waals surface area contributed by atoms with Crippen molar-refractivity contribution in [2.45, 2.75) is 52.4 Å². The number of halogens is 1. The number of piperazine rings is 1. The molecule has 0 unspecified atom stereocenters. The molecule has 2 aromatic heterocycles. The zero-order chi connectivity index (χ0) is 22.9. The summed E-state index contributed by atoms with van der Waals surface area (Å²) in [4.78, 5) is 30.2. The Morgan fingerprint density at radius 3 is 2.64 bits per heavy atom. The number of carbonyl (C=O) groups excluding carboxylic acids is 1. The number of aryl methyl sites for hydroxylation is 2. The number of amides is 1. The van der Waals surface area contributed by atoms with Gasteiger partial charge in [-0.2, -0.15) is 0 Å². The van der Waals surface area contributed by atoms with E-state index in [9.17, 15) is 4.79 Å². The number of aromatic nitrogens is 2. The molecule has 1 fully saturated rings. The Morgan fingerprint density at radius 1 is 1.09 bits per heavy atom. The average Bonchev–Trinajstić information content (AvgIpc) is 2.98. The molecule has 1 amide bonds. The molecule has 0 spiro atoms. The zero-order valence-electron chi connectivity index (χ0n) is 19.4. The molecule has 3 heterocycles. The molecule has 0 radical (unpaired) electrons. The second-order valence-corrected chi connectivity index (χ2v) is 11.6. The van der Waals surface area contributed by atoms with Crippen LogP contribution in [0.4, 0.5) is 5.82 Å². The monoisotopic (exact) mass is 526 g/mol. The third-order valence-electron chi connectivity index (χ3n) is 6.62. The van der Waals surface area contributed by atoms with Gasteiger partial charge >= 0.3 is 0 Å². The second kappa shape index (κ2) is 9.71. The van der Waals surface area contributed by atoms with Gasteiger partial charge in [-0.3, -0.25) is 4.79 Å². The number of nitrogens with zero attached hydrogens (tertiary/aromatic N) is 4. The summed E-state index contributed by atoms with van der Waals surface area (Å²) in [5.41, 5.74) is 2.23. The predicted octanol–water partition coefficient (Wildman–Crippen LogP) is 5.88. The molecule has 1 aliphatic heterocycles. The number of hydrogen-bond acceptors (Lipinski definition) is 5. The average molecular weight is 528 g/mol. The largest absolute Gasteiger partial charge is 0.352 e. The van der Waals surface area contributed by atoms with Crippen LogP contribution in [0.5, 0.6) is 0 Å². The van der Waals surface area contributed by atoms with Gasteiger partial charge in [0.15, 0.2) is 0 Å². The molecule has 7 heteroatoms. The van der Waals surface area contributed by atoms with Crippen LogP contribution in [0.3, 0.4) is 0 Å². The van der Waals surface area contributed by atoms with Crippen molar-refractivity contribution in [2.24, 2.45) is 5.92 Å². The number of hydrogen-bond donors (Lipinski definition) is 0. The number of anilines is 1. The third kappa shape index (κ3) is 4.80. The molecule has 1 aromatic carbocycles. The molecule has 0 N–H and O–H groups in total. The summed E-state index contributed by atoms with van der Waals surface area (Å²) in [6.07, 6.45) is 7.04. The molecule has 1 saturated heterocycles. The Balaban J connectivity index is 1.44. The van der Waals surface area contributed by atoms with E-state index in [0.29, 0.717) is 19.0 Å². The van der Waals surface area contributed by atoms with Gasteiger partial charge in [0.05, 0.1) is 5.39 Å². The van der Waals surface area contributed by atoms with Gasteiger partial charge in [-0.05, 0) is 55.4 Å². The Labute approximate surface area is 208 Å². The van der Waals surface area contributed by atoms with E-state index in [1.54, 1.807) is 0 Å². The van der Waals surface area contributed by atoms with Gasteiger partial charge in [0.25, 0.3) is 5.91 Å². The Kier molecular flexibility index (Phi) is 6.70. The number of rotatable bonds is 4. The minimum atomic E-state index is 0.105. The van der Waals surface area contributed by atoms with Gasteiger partial charge in [-0.15, -0.1) is 11.3 Å². The lowest BCUT2D eigenvalue weighted by molar-refractivity contribution is 0.0746. The van der Waals surface area contributed by atoms with Gasteiger partial charge in [-0.1, -0.05) is 42.3 Å². The van der Waals surface area contributed by atoms with Gasteiger partial charge in [0, 0.05) is 47.5 Å². The summed E-state index contributed by atoms with van der Waals surface area (Å²) in [6, 6.07) is 7.67. The van der Waals surface area contributed by atoms with Crippen molar-refractivity contribution in [2.75, 3.05) is 31.1 Å². The summed E-state index contributed by atoms with van der Waals surface area (Å²) in [7, 11) is 0. The van der Waals surface area contributed by atoms with E-state index < -0.39 is 0 Å². The van der Waals surface area contributed by atoms with E-state index in [-0.39, 0.29) is 5.91 Å². The molecule has 2 aliphatic rings. The lowest BCUT2D eigenvalue weighted by Crippen LogP contribution is -2.49. The summed E-state index contributed by atoms with van der Waals surface area (Å²) in [6.45, 7) is 7.48. The quantitative estimate of drug-likeness (QED) is 0.398. The maximum atomic E-state index is 13.0. The van der Waals surface area contributed by atoms with Crippen molar-refractivity contribution in [3.8, 4) is 0 Å². The first-order chi connectivity index (χ1) is 16.0. The van der Waals surface area contributed by atoms with Crippen LogP contribution in [0.1, 0.15) is 59.7 Å². The lowest BCUT2D eigenvalue weighted by atomic mass is 10.1. The molecule has 5 nitrogen and oxygen atoms in total. The molecule has 3 aromatic rings. The van der Waals surface area contributed by atoms with Crippen LogP contribution in [-0.4, -0.2) is 47.0 Å². The minimum Gasteiger partial charge on any atom is -0.352 e. The van der Waals surface area contributed by atoms with Crippen LogP contribution in [0, 0.1) is 5.92 Å². The highest BCUT2D eigenvalue weighted by atomic mass is 79.9. The van der Waals surface area contributed by atoms with Crippen LogP contribution in [-0.2, 0) is 19.3 Å². The van der Waals surface area contributed by atoms with E-state index in [2.05, 4.69) is 34.7 Å².